The van der Waals surface area contributed by atoms with Gasteiger partial charge in [-0.3, -0.25) is 0 Å². The van der Waals surface area contributed by atoms with Crippen molar-refractivity contribution in [2.45, 2.75) is 18.8 Å². The van der Waals surface area contributed by atoms with E-state index in [1.54, 1.807) is 6.26 Å². The largest absolute Gasteiger partial charge is 0.448 e. The lowest BCUT2D eigenvalue weighted by Gasteiger charge is -1.99. The zero-order chi connectivity index (χ0) is 9.10. The molecule has 1 fully saturated rings. The Morgan fingerprint density at radius 1 is 1.69 bits per heavy atom. The second-order valence-corrected chi connectivity index (χ2v) is 4.36. The van der Waals surface area contributed by atoms with Crippen LogP contribution in [0.4, 0.5) is 0 Å². The fourth-order valence-electron chi connectivity index (χ4n) is 1.47. The van der Waals surface area contributed by atoms with E-state index < -0.39 is 0 Å². The summed E-state index contributed by atoms with van der Waals surface area (Å²) in [6.07, 6.45) is 3.43. The van der Waals surface area contributed by atoms with Crippen LogP contribution < -0.4 is 0 Å². The summed E-state index contributed by atoms with van der Waals surface area (Å²) in [5, 5.41) is 8.71. The first-order valence-corrected chi connectivity index (χ1v) is 5.68. The first kappa shape index (κ1) is 9.09. The highest BCUT2D eigenvalue weighted by atomic mass is 32.2. The molecule has 2 heterocycles. The summed E-state index contributed by atoms with van der Waals surface area (Å²) < 4.78 is 5.37. The molecule has 2 rings (SSSR count). The van der Waals surface area contributed by atoms with Gasteiger partial charge < -0.3 is 9.52 Å². The summed E-state index contributed by atoms with van der Waals surface area (Å²) in [7, 11) is 0. The SMILES string of the molecule is OCCc1coc(C2CCSC2)n1. The van der Waals surface area contributed by atoms with E-state index >= 15 is 0 Å². The number of aliphatic hydroxyl groups excluding tert-OH is 1. The van der Waals surface area contributed by atoms with Crippen molar-refractivity contribution < 1.29 is 9.52 Å². The zero-order valence-corrected chi connectivity index (χ0v) is 8.22. The van der Waals surface area contributed by atoms with E-state index in [-0.39, 0.29) is 6.61 Å². The average Bonchev–Trinajstić information content (AvgIpc) is 2.70. The lowest BCUT2D eigenvalue weighted by Crippen LogP contribution is -1.97. The van der Waals surface area contributed by atoms with Gasteiger partial charge >= 0.3 is 0 Å². The van der Waals surface area contributed by atoms with Gasteiger partial charge in [0, 0.05) is 24.7 Å². The molecule has 13 heavy (non-hydrogen) atoms. The lowest BCUT2D eigenvalue weighted by atomic mass is 10.1. The topological polar surface area (TPSA) is 46.3 Å². The summed E-state index contributed by atoms with van der Waals surface area (Å²) in [6, 6.07) is 0. The predicted octanol–water partition coefficient (Wildman–Crippen LogP) is 1.43. The van der Waals surface area contributed by atoms with Gasteiger partial charge in [0.25, 0.3) is 0 Å². The van der Waals surface area contributed by atoms with Gasteiger partial charge in [-0.2, -0.15) is 11.8 Å². The number of rotatable bonds is 3. The van der Waals surface area contributed by atoms with Crippen LogP contribution in [0.2, 0.25) is 0 Å². The van der Waals surface area contributed by atoms with Crippen LogP contribution in [0.15, 0.2) is 10.7 Å². The Morgan fingerprint density at radius 2 is 2.62 bits per heavy atom. The van der Waals surface area contributed by atoms with Gasteiger partial charge in [-0.25, -0.2) is 4.98 Å². The first-order valence-electron chi connectivity index (χ1n) is 4.53. The van der Waals surface area contributed by atoms with Crippen LogP contribution in [0.1, 0.15) is 23.9 Å². The van der Waals surface area contributed by atoms with E-state index in [0.717, 1.165) is 17.3 Å². The van der Waals surface area contributed by atoms with Crippen LogP contribution in [0.25, 0.3) is 0 Å². The van der Waals surface area contributed by atoms with Gasteiger partial charge in [-0.15, -0.1) is 0 Å². The molecule has 1 atom stereocenters. The van der Waals surface area contributed by atoms with E-state index in [1.165, 1.54) is 12.2 Å². The maximum absolute atomic E-state index is 8.71. The minimum Gasteiger partial charge on any atom is -0.448 e. The Morgan fingerprint density at radius 3 is 3.31 bits per heavy atom. The van der Waals surface area contributed by atoms with E-state index in [2.05, 4.69) is 4.98 Å². The third-order valence-corrected chi connectivity index (χ3v) is 3.38. The monoisotopic (exact) mass is 199 g/mol. The Hall–Kier alpha value is -0.480. The molecule has 1 N–H and O–H groups in total. The molecule has 0 spiro atoms. The molecule has 72 valence electrons. The van der Waals surface area contributed by atoms with Crippen LogP contribution in [0, 0.1) is 0 Å². The summed E-state index contributed by atoms with van der Waals surface area (Å²) in [5.41, 5.74) is 0.870. The number of hydrogen-bond donors (Lipinski definition) is 1. The fourth-order valence-corrected chi connectivity index (χ4v) is 2.68. The maximum atomic E-state index is 8.71. The van der Waals surface area contributed by atoms with Crippen molar-refractivity contribution in [3.63, 3.8) is 0 Å². The summed E-state index contributed by atoms with van der Waals surface area (Å²) in [4.78, 5) is 4.34. The van der Waals surface area contributed by atoms with Crippen molar-refractivity contribution in [3.8, 4) is 0 Å². The van der Waals surface area contributed by atoms with Gasteiger partial charge in [0.15, 0.2) is 5.89 Å². The highest BCUT2D eigenvalue weighted by Crippen LogP contribution is 2.31. The maximum Gasteiger partial charge on any atom is 0.198 e. The normalized spacial score (nSPS) is 22.4. The smallest absolute Gasteiger partial charge is 0.198 e. The molecule has 1 aliphatic rings. The molecular weight excluding hydrogens is 186 g/mol. The minimum atomic E-state index is 0.144. The molecule has 0 amide bonds. The van der Waals surface area contributed by atoms with Gasteiger partial charge in [-0.1, -0.05) is 0 Å². The lowest BCUT2D eigenvalue weighted by molar-refractivity contribution is 0.298. The van der Waals surface area contributed by atoms with Crippen molar-refractivity contribution in [1.29, 1.82) is 0 Å². The molecule has 1 aromatic rings. The molecule has 1 unspecified atom stereocenters. The molecular formula is C9H13NO2S. The van der Waals surface area contributed by atoms with Gasteiger partial charge in [-0.05, 0) is 12.2 Å². The van der Waals surface area contributed by atoms with Crippen molar-refractivity contribution in [3.05, 3.63) is 17.8 Å². The summed E-state index contributed by atoms with van der Waals surface area (Å²) >= 11 is 1.95. The van der Waals surface area contributed by atoms with Crippen molar-refractivity contribution in [2.24, 2.45) is 0 Å². The Kier molecular flexibility index (Phi) is 2.90. The molecule has 0 aliphatic carbocycles. The summed E-state index contributed by atoms with van der Waals surface area (Å²) in [5.74, 6) is 3.69. The molecule has 1 aliphatic heterocycles. The molecule has 0 bridgehead atoms. The molecule has 0 radical (unpaired) electrons. The Bertz CT molecular complexity index is 268. The quantitative estimate of drug-likeness (QED) is 0.800. The van der Waals surface area contributed by atoms with Crippen LogP contribution in [-0.2, 0) is 6.42 Å². The van der Waals surface area contributed by atoms with Crippen molar-refractivity contribution >= 4 is 11.8 Å². The van der Waals surface area contributed by atoms with Crippen molar-refractivity contribution in [1.82, 2.24) is 4.98 Å². The van der Waals surface area contributed by atoms with E-state index in [9.17, 15) is 0 Å². The molecule has 4 heteroatoms. The Labute approximate surface area is 81.5 Å². The van der Waals surface area contributed by atoms with Crippen LogP contribution in [-0.4, -0.2) is 28.2 Å². The zero-order valence-electron chi connectivity index (χ0n) is 7.40. The summed E-state index contributed by atoms with van der Waals surface area (Å²) in [6.45, 7) is 0.144. The molecule has 0 aromatic carbocycles. The van der Waals surface area contributed by atoms with Gasteiger partial charge in [0.1, 0.15) is 6.26 Å². The minimum absolute atomic E-state index is 0.144. The number of hydrogen-bond acceptors (Lipinski definition) is 4. The molecule has 1 aromatic heterocycles. The van der Waals surface area contributed by atoms with E-state index in [4.69, 9.17) is 9.52 Å². The number of oxazole rings is 1. The predicted molar refractivity (Wildman–Crippen MR) is 52.0 cm³/mol. The average molecular weight is 199 g/mol. The molecule has 0 saturated carbocycles. The second kappa shape index (κ2) is 4.15. The number of nitrogens with zero attached hydrogens (tertiary/aromatic N) is 1. The number of aliphatic hydroxyl groups is 1. The van der Waals surface area contributed by atoms with Crippen LogP contribution in [0.3, 0.4) is 0 Å². The third-order valence-electron chi connectivity index (χ3n) is 2.22. The standard InChI is InChI=1S/C9H13NO2S/c11-3-1-8-5-12-9(10-8)7-2-4-13-6-7/h5,7,11H,1-4,6H2. The molecule has 3 nitrogen and oxygen atoms in total. The third kappa shape index (κ3) is 2.06. The number of aromatic nitrogens is 1. The van der Waals surface area contributed by atoms with Gasteiger partial charge in [0.05, 0.1) is 5.69 Å². The number of thioether (sulfide) groups is 1. The molecule has 1 saturated heterocycles. The van der Waals surface area contributed by atoms with E-state index in [0.29, 0.717) is 12.3 Å². The Balaban J connectivity index is 2.03. The fraction of sp³-hybridized carbons (Fsp3) is 0.667. The van der Waals surface area contributed by atoms with Gasteiger partial charge in [0.2, 0.25) is 0 Å². The first-order chi connectivity index (χ1) is 6.40. The van der Waals surface area contributed by atoms with Crippen molar-refractivity contribution in [2.75, 3.05) is 18.1 Å². The van der Waals surface area contributed by atoms with Crippen LogP contribution in [0.5, 0.6) is 0 Å². The van der Waals surface area contributed by atoms with E-state index in [1.807, 2.05) is 11.8 Å². The van der Waals surface area contributed by atoms with Crippen LogP contribution >= 0.6 is 11.8 Å². The second-order valence-electron chi connectivity index (χ2n) is 3.21. The highest BCUT2D eigenvalue weighted by Gasteiger charge is 2.21. The highest BCUT2D eigenvalue weighted by molar-refractivity contribution is 7.99.